The Morgan fingerprint density at radius 1 is 0.701 bits per heavy atom. The molecule has 7 fully saturated rings. The molecule has 7 rings (SSSR count). The largest absolute Gasteiger partial charge is 0.467 e. The molecule has 388 valence electrons. The molecule has 0 aromatic rings. The molecule has 2 unspecified atom stereocenters. The number of carbonyl (C=O) groups excluding carboxylic acids is 1. The van der Waals surface area contributed by atoms with Crippen LogP contribution in [0.4, 0.5) is 0 Å². The third-order valence-corrected chi connectivity index (χ3v) is 18.3. The minimum atomic E-state index is -2.02. The van der Waals surface area contributed by atoms with E-state index >= 15 is 0 Å². The molecule has 3 aliphatic heterocycles. The molecule has 0 radical (unpaired) electrons. The molecule has 0 aromatic carbocycles. The van der Waals surface area contributed by atoms with Crippen LogP contribution in [0.25, 0.3) is 0 Å². The van der Waals surface area contributed by atoms with Crippen LogP contribution in [0.1, 0.15) is 106 Å². The zero-order valence-corrected chi connectivity index (χ0v) is 40.3. The van der Waals surface area contributed by atoms with Crippen molar-refractivity contribution < 1.29 is 94.1 Å². The van der Waals surface area contributed by atoms with Crippen LogP contribution < -0.4 is 0 Å². The second kappa shape index (κ2) is 21.1. The number of methoxy groups -OCH3 is 1. The first-order valence-electron chi connectivity index (χ1n) is 25.0. The van der Waals surface area contributed by atoms with Gasteiger partial charge >= 0.3 is 5.97 Å². The molecule has 0 amide bonds. The van der Waals surface area contributed by atoms with Crippen LogP contribution in [-0.4, -0.2) is 192 Å². The van der Waals surface area contributed by atoms with Crippen molar-refractivity contribution in [1.29, 1.82) is 0 Å². The zero-order valence-electron chi connectivity index (χ0n) is 40.3. The Hall–Kier alpha value is -1.21. The molecule has 19 heteroatoms. The summed E-state index contributed by atoms with van der Waals surface area (Å²) >= 11 is 0. The van der Waals surface area contributed by atoms with Gasteiger partial charge in [0.25, 0.3) is 0 Å². The van der Waals surface area contributed by atoms with E-state index in [9.17, 15) is 61.0 Å². The van der Waals surface area contributed by atoms with Gasteiger partial charge in [0.1, 0.15) is 61.0 Å². The van der Waals surface area contributed by atoms with Crippen molar-refractivity contribution in [2.45, 2.75) is 223 Å². The maximum Gasteiger partial charge on any atom is 0.337 e. The number of ether oxygens (including phenoxy) is 7. The minimum Gasteiger partial charge on any atom is -0.467 e. The fraction of sp³-hybridized carbons (Fsp3) is 0.979. The Labute approximate surface area is 394 Å². The Morgan fingerprint density at radius 3 is 1.94 bits per heavy atom. The topological polar surface area (TPSA) is 304 Å². The van der Waals surface area contributed by atoms with Crippen LogP contribution in [0.5, 0.6) is 0 Å². The molecule has 0 aromatic heterocycles. The van der Waals surface area contributed by atoms with Gasteiger partial charge < -0.3 is 89.3 Å². The van der Waals surface area contributed by atoms with Crippen molar-refractivity contribution in [1.82, 2.24) is 0 Å². The number of aliphatic hydroxyl groups excluding tert-OH is 11. The Morgan fingerprint density at radius 2 is 1.31 bits per heavy atom. The van der Waals surface area contributed by atoms with Gasteiger partial charge in [-0.1, -0.05) is 48.0 Å². The smallest absolute Gasteiger partial charge is 0.337 e. The molecule has 4 aliphatic carbocycles. The molecule has 11 N–H and O–H groups in total. The van der Waals surface area contributed by atoms with E-state index < -0.39 is 134 Å². The summed E-state index contributed by atoms with van der Waals surface area (Å²) in [6, 6.07) is 0. The normalized spacial score (nSPS) is 51.6. The monoisotopic (exact) mass is 963 g/mol. The number of rotatable bonds is 14. The van der Waals surface area contributed by atoms with E-state index in [1.807, 2.05) is 13.8 Å². The number of hydrogen-bond donors (Lipinski definition) is 11. The predicted molar refractivity (Wildman–Crippen MR) is 234 cm³/mol. The Bertz CT molecular complexity index is 1640. The fourth-order valence-corrected chi connectivity index (χ4v) is 14.7. The SMILES string of the molecule is CCC(C(C)C)C(O)C[C@@H](C)[C@H]1[C@@H](O[C@@H]2O[C@H](C(=O)OC)[C@@H](O[C@@H]3O[C@@H](C)[C@H](O)[C@@H](O)[C@H]3O)[C@H](O)[C@H]2O[C@@H]2O[C@H](CO)[C@@H](O)[C@H](O)[C@H]2O)[C@@H](O)[C@H]2[C@@H]3CC[C@H]4C[C@@H](O)CC[C@]4(C)[C@H]3CC[C@]12C. The van der Waals surface area contributed by atoms with E-state index in [0.29, 0.717) is 12.3 Å². The van der Waals surface area contributed by atoms with Crippen molar-refractivity contribution in [3.8, 4) is 0 Å². The van der Waals surface area contributed by atoms with E-state index in [1.165, 1.54) is 6.92 Å². The molecule has 0 spiro atoms. The van der Waals surface area contributed by atoms with Crippen molar-refractivity contribution in [3.63, 3.8) is 0 Å². The average molecular weight is 963 g/mol. The summed E-state index contributed by atoms with van der Waals surface area (Å²) in [6.45, 7) is 13.4. The first-order chi connectivity index (χ1) is 31.5. The van der Waals surface area contributed by atoms with E-state index in [2.05, 4.69) is 27.7 Å². The second-order valence-corrected chi connectivity index (χ2v) is 22.3. The highest BCUT2D eigenvalue weighted by molar-refractivity contribution is 5.75. The highest BCUT2D eigenvalue weighted by Gasteiger charge is 2.68. The van der Waals surface area contributed by atoms with Crippen LogP contribution in [0.3, 0.4) is 0 Å². The number of hydrogen-bond acceptors (Lipinski definition) is 19. The molecule has 3 heterocycles. The van der Waals surface area contributed by atoms with E-state index in [4.69, 9.17) is 33.2 Å². The lowest BCUT2D eigenvalue weighted by Gasteiger charge is -2.61. The van der Waals surface area contributed by atoms with E-state index in [0.717, 1.165) is 58.5 Å². The standard InChI is InChI=1S/C48H82O19/c1-9-24(19(2)3)27(51)16-20(4)29-39(33(54)30-25-11-10-22-17-23(50)12-14-47(22,6)26(25)13-15-48(29,30)7)64-46-41(66-45-37(58)35(56)32(53)28(18-49)63-45)38(59)40(42(67-46)43(60)61-8)65-44-36(57)34(55)31(52)21(5)62-44/h19-42,44-46,49-59H,9-18H2,1-8H3/t20-,21+,22+,23+,24?,25-,26+,27?,28-,29+,30-,31+,32-,33+,34-,35+,36-,37-,38+,39-,40+,41-,42+,44+,45+,46-,47+,48-/m1/s1. The molecular weight excluding hydrogens is 881 g/mol. The zero-order chi connectivity index (χ0) is 49.2. The van der Waals surface area contributed by atoms with E-state index in [-0.39, 0.29) is 47.0 Å². The Balaban J connectivity index is 1.28. The number of fused-ring (bicyclic) bond motifs is 5. The molecule has 28 atom stereocenters. The third-order valence-electron chi connectivity index (χ3n) is 18.3. The van der Waals surface area contributed by atoms with Crippen LogP contribution in [-0.2, 0) is 38.0 Å². The summed E-state index contributed by atoms with van der Waals surface area (Å²) in [5.74, 6) is -1.19. The lowest BCUT2D eigenvalue weighted by atomic mass is 9.44. The van der Waals surface area contributed by atoms with E-state index in [1.54, 1.807) is 0 Å². The van der Waals surface area contributed by atoms with Crippen LogP contribution in [0.15, 0.2) is 0 Å². The van der Waals surface area contributed by atoms with Gasteiger partial charge in [0.05, 0.1) is 44.2 Å². The van der Waals surface area contributed by atoms with Gasteiger partial charge in [0, 0.05) is 0 Å². The molecule has 19 nitrogen and oxygen atoms in total. The van der Waals surface area contributed by atoms with Crippen molar-refractivity contribution in [3.05, 3.63) is 0 Å². The number of aliphatic hydroxyl groups is 11. The molecule has 4 saturated carbocycles. The maximum atomic E-state index is 13.7. The number of esters is 1. The molecule has 7 aliphatic rings. The summed E-state index contributed by atoms with van der Waals surface area (Å²) in [4.78, 5) is 13.7. The van der Waals surface area contributed by atoms with Gasteiger partial charge in [-0.2, -0.15) is 0 Å². The molecule has 3 saturated heterocycles. The van der Waals surface area contributed by atoms with Gasteiger partial charge in [0.15, 0.2) is 25.0 Å². The Kier molecular flexibility index (Phi) is 16.9. The summed E-state index contributed by atoms with van der Waals surface area (Å²) in [5.41, 5.74) is -0.595. The summed E-state index contributed by atoms with van der Waals surface area (Å²) in [6.07, 6.45) is -22.6. The van der Waals surface area contributed by atoms with Crippen molar-refractivity contribution >= 4 is 5.97 Å². The fourth-order valence-electron chi connectivity index (χ4n) is 14.7. The maximum absolute atomic E-state index is 13.7. The van der Waals surface area contributed by atoms with Gasteiger partial charge in [-0.15, -0.1) is 0 Å². The first kappa shape index (κ1) is 53.6. The lowest BCUT2D eigenvalue weighted by Crippen LogP contribution is -2.67. The summed E-state index contributed by atoms with van der Waals surface area (Å²) < 4.78 is 42.2. The quantitative estimate of drug-likeness (QED) is 0.0996. The summed E-state index contributed by atoms with van der Waals surface area (Å²) in [5, 5.41) is 123. The van der Waals surface area contributed by atoms with Crippen molar-refractivity contribution in [2.75, 3.05) is 13.7 Å². The lowest BCUT2D eigenvalue weighted by molar-refractivity contribution is -0.388. The van der Waals surface area contributed by atoms with Gasteiger partial charge in [0.2, 0.25) is 0 Å². The third kappa shape index (κ3) is 9.76. The molecular formula is C48H82O19. The van der Waals surface area contributed by atoms with Gasteiger partial charge in [-0.25, -0.2) is 4.79 Å². The average Bonchev–Trinajstić information content (AvgIpc) is 3.51. The van der Waals surface area contributed by atoms with Crippen molar-refractivity contribution in [2.24, 2.45) is 58.2 Å². The van der Waals surface area contributed by atoms with Crippen LogP contribution in [0.2, 0.25) is 0 Å². The second-order valence-electron chi connectivity index (χ2n) is 22.3. The van der Waals surface area contributed by atoms with Crippen LogP contribution >= 0.6 is 0 Å². The summed E-state index contributed by atoms with van der Waals surface area (Å²) in [7, 11) is 1.07. The minimum absolute atomic E-state index is 0.00530. The number of carbonyl (C=O) groups is 1. The first-order valence-corrected chi connectivity index (χ1v) is 25.0. The van der Waals surface area contributed by atoms with Crippen LogP contribution in [0, 0.1) is 58.2 Å². The molecule has 0 bridgehead atoms. The van der Waals surface area contributed by atoms with Gasteiger partial charge in [-0.3, -0.25) is 0 Å². The predicted octanol–water partition coefficient (Wildman–Crippen LogP) is -0.302. The highest BCUT2D eigenvalue weighted by Crippen LogP contribution is 2.69. The highest BCUT2D eigenvalue weighted by atomic mass is 16.8. The molecule has 67 heavy (non-hydrogen) atoms. The van der Waals surface area contributed by atoms with Gasteiger partial charge in [-0.05, 0) is 116 Å².